The Morgan fingerprint density at radius 3 is 0.741 bits per heavy atom. The van der Waals surface area contributed by atoms with Gasteiger partial charge >= 0.3 is 0 Å². The van der Waals surface area contributed by atoms with Gasteiger partial charge in [0.15, 0.2) is 8.07 Å². The molecule has 0 heterocycles. The third kappa shape index (κ3) is 10.9. The maximum Gasteiger partial charge on any atom is 0.157 e. The second kappa shape index (κ2) is 17.4. The molecule has 0 fully saturated rings. The minimum atomic E-state index is -2.96. The van der Waals surface area contributed by atoms with Gasteiger partial charge in [0, 0.05) is 21.7 Å². The van der Waals surface area contributed by atoms with Crippen molar-refractivity contribution in [3.63, 3.8) is 0 Å². The molecule has 0 saturated heterocycles. The minimum Gasteiger partial charge on any atom is -0.270 e. The number of benzene rings is 3. The van der Waals surface area contributed by atoms with Crippen LogP contribution in [-0.2, 0) is 54.2 Å². The van der Waals surface area contributed by atoms with Crippen LogP contribution in [0.1, 0.15) is 178 Å². The third-order valence-electron chi connectivity index (χ3n) is 11.3. The number of hydrogen-bond donors (Lipinski definition) is 0. The van der Waals surface area contributed by atoms with Crippen LogP contribution < -0.4 is 15.6 Å². The van der Waals surface area contributed by atoms with E-state index in [0.29, 0.717) is 0 Å². The average molecular weight is 845 g/mol. The van der Waals surface area contributed by atoms with Crippen LogP contribution in [0.3, 0.4) is 0 Å². The second-order valence-electron chi connectivity index (χ2n) is 21.7. The van der Waals surface area contributed by atoms with Gasteiger partial charge in [-0.2, -0.15) is 5.20 Å². The molecule has 0 atom stereocenters. The van der Waals surface area contributed by atoms with E-state index in [2.05, 4.69) is 199 Å². The number of halogens is 3. The van der Waals surface area contributed by atoms with Crippen molar-refractivity contribution in [1.29, 1.82) is 0 Å². The zero-order chi connectivity index (χ0) is 38.2. The van der Waals surface area contributed by atoms with Crippen molar-refractivity contribution < 1.29 is 21.7 Å². The Bertz CT molecular complexity index is 1560. The van der Waals surface area contributed by atoms with Crippen LogP contribution in [0.2, 0.25) is 0 Å². The van der Waals surface area contributed by atoms with Gasteiger partial charge in [-0.25, -0.2) is 11.1 Å². The van der Waals surface area contributed by atoms with Crippen LogP contribution in [0.15, 0.2) is 70.9 Å². The van der Waals surface area contributed by atoms with E-state index in [9.17, 15) is 0 Å². The van der Waals surface area contributed by atoms with Crippen molar-refractivity contribution >= 4 is 60.9 Å². The molecule has 0 radical (unpaired) electrons. The van der Waals surface area contributed by atoms with Crippen molar-refractivity contribution in [1.82, 2.24) is 0 Å². The maximum absolute atomic E-state index is 3.88. The van der Waals surface area contributed by atoms with E-state index in [0.717, 1.165) is 6.42 Å². The molecule has 0 nitrogen and oxygen atoms in total. The fourth-order valence-corrected chi connectivity index (χ4v) is 12.7. The van der Waals surface area contributed by atoms with Gasteiger partial charge in [0.25, 0.3) is 0 Å². The summed E-state index contributed by atoms with van der Waals surface area (Å²) in [5, 5.41) is 6.13. The zero-order valence-electron chi connectivity index (χ0n) is 37.6. The summed E-state index contributed by atoms with van der Waals surface area (Å²) in [5.41, 5.74) is 11.3. The summed E-state index contributed by atoms with van der Waals surface area (Å²) in [6, 6.07) is 23.3. The Kier molecular flexibility index (Phi) is 17.1. The molecule has 54 heavy (non-hydrogen) atoms. The molecule has 0 unspecified atom stereocenters. The molecule has 4 rings (SSSR count). The minimum absolute atomic E-state index is 0. The monoisotopic (exact) mass is 843 g/mol. The van der Waals surface area contributed by atoms with Crippen LogP contribution in [0.4, 0.5) is 0 Å². The van der Waals surface area contributed by atoms with Gasteiger partial charge < -0.3 is 0 Å². The first kappa shape index (κ1) is 52.9. The summed E-state index contributed by atoms with van der Waals surface area (Å²) in [6.45, 7) is 47.6. The molecular formula is C49H74Cl3SiTi-. The predicted octanol–water partition coefficient (Wildman–Crippen LogP) is 13.2. The van der Waals surface area contributed by atoms with Crippen LogP contribution >= 0.6 is 37.2 Å². The Morgan fingerprint density at radius 1 is 0.389 bits per heavy atom. The third-order valence-corrected chi connectivity index (χ3v) is 16.2. The first-order valence-corrected chi connectivity index (χ1v) is 21.2. The van der Waals surface area contributed by atoms with Gasteiger partial charge in [-0.05, 0) is 81.4 Å². The van der Waals surface area contributed by atoms with Crippen LogP contribution in [0, 0.1) is 6.08 Å². The molecule has 1 aliphatic carbocycles. The SMILES string of the molecule is CC1=[C-]CC([Si](c2cc(C(C)(C)C)cc(C(C)(C)C)c2)(c2cc(C(C)(C)C)cc(C(C)(C)C)c2)c2cc(C(C)(C)C)cc(C(C)(C)C)c2)=C1C.Cl.Cl.Cl.[Ti]. The molecule has 0 aliphatic heterocycles. The predicted molar refractivity (Wildman–Crippen MR) is 248 cm³/mol. The van der Waals surface area contributed by atoms with E-state index in [1.807, 2.05) is 0 Å². The number of hydrogen-bond acceptors (Lipinski definition) is 0. The Balaban J connectivity index is 0.00000702. The fourth-order valence-electron chi connectivity index (χ4n) is 7.28. The van der Waals surface area contributed by atoms with Crippen molar-refractivity contribution in [2.75, 3.05) is 0 Å². The van der Waals surface area contributed by atoms with Crippen LogP contribution in [0.25, 0.3) is 0 Å². The van der Waals surface area contributed by atoms with Crippen LogP contribution in [0.5, 0.6) is 0 Å². The Morgan fingerprint density at radius 2 is 0.593 bits per heavy atom. The molecule has 3 aromatic carbocycles. The molecule has 0 amide bonds. The quantitative estimate of drug-likeness (QED) is 0.139. The molecule has 0 spiro atoms. The van der Waals surface area contributed by atoms with Gasteiger partial charge in [-0.3, -0.25) is 6.08 Å². The van der Waals surface area contributed by atoms with E-state index >= 15 is 0 Å². The van der Waals surface area contributed by atoms with E-state index in [1.165, 1.54) is 60.1 Å². The van der Waals surface area contributed by atoms with Gasteiger partial charge in [-0.1, -0.05) is 186 Å². The molecule has 0 N–H and O–H groups in total. The zero-order valence-corrected chi connectivity index (χ0v) is 42.6. The van der Waals surface area contributed by atoms with Crippen LogP contribution in [-0.4, -0.2) is 8.07 Å². The van der Waals surface area contributed by atoms with Crippen molar-refractivity contribution in [2.24, 2.45) is 0 Å². The summed E-state index contributed by atoms with van der Waals surface area (Å²) >= 11 is 0. The topological polar surface area (TPSA) is 0 Å². The molecule has 0 bridgehead atoms. The largest absolute Gasteiger partial charge is 0.270 e. The van der Waals surface area contributed by atoms with Gasteiger partial charge in [0.05, 0.1) is 0 Å². The van der Waals surface area contributed by atoms with E-state index < -0.39 is 8.07 Å². The molecule has 0 aromatic heterocycles. The first-order valence-electron chi connectivity index (χ1n) is 19.2. The summed E-state index contributed by atoms with van der Waals surface area (Å²) < 4.78 is 0. The van der Waals surface area contributed by atoms with Gasteiger partial charge in [0.2, 0.25) is 0 Å². The smallest absolute Gasteiger partial charge is 0.157 e. The molecule has 1 aliphatic rings. The molecular weight excluding hydrogens is 771 g/mol. The molecule has 3 aromatic rings. The number of rotatable bonds is 4. The molecule has 5 heteroatoms. The second-order valence-corrected chi connectivity index (χ2v) is 25.6. The standard InChI is InChI=1S/C49H71Si.3ClH.Ti/c1-32-21-22-43(33(32)2)50(40-26-34(44(3,4)5)23-35(27-40)45(6,7)8,41-28-36(46(9,10)11)24-37(29-41)47(12,13)14)42-30-38(48(15,16)17)25-39(31-42)49(18,19)20;;;;/h23-31H,22H2,1-20H3;3*1H;/q-1;;;;. The van der Waals surface area contributed by atoms with Crippen molar-refractivity contribution in [3.05, 3.63) is 110 Å². The molecule has 300 valence electrons. The van der Waals surface area contributed by atoms with Crippen molar-refractivity contribution in [2.45, 2.75) is 177 Å². The maximum atomic E-state index is 3.88. The van der Waals surface area contributed by atoms with E-state index in [-0.39, 0.29) is 91.4 Å². The summed E-state index contributed by atoms with van der Waals surface area (Å²) in [5.74, 6) is 0. The summed E-state index contributed by atoms with van der Waals surface area (Å²) in [7, 11) is -2.96. The van der Waals surface area contributed by atoms with Gasteiger partial charge in [-0.15, -0.1) is 50.6 Å². The van der Waals surface area contributed by atoms with E-state index in [1.54, 1.807) is 5.20 Å². The summed E-state index contributed by atoms with van der Waals surface area (Å²) in [4.78, 5) is 0. The van der Waals surface area contributed by atoms with Gasteiger partial charge in [0.1, 0.15) is 0 Å². The first-order chi connectivity index (χ1) is 22.4. The number of allylic oxidation sites excluding steroid dienone is 4. The summed E-state index contributed by atoms with van der Waals surface area (Å²) in [6.07, 6.45) is 4.76. The van der Waals surface area contributed by atoms with E-state index in [4.69, 9.17) is 0 Å². The Labute approximate surface area is 367 Å². The molecule has 0 saturated carbocycles. The van der Waals surface area contributed by atoms with Crippen molar-refractivity contribution in [3.8, 4) is 0 Å². The normalized spacial score (nSPS) is 14.4. The average Bonchev–Trinajstić information content (AvgIpc) is 3.28. The Hall–Kier alpha value is -1.06. The fraction of sp³-hybridized carbons (Fsp3) is 0.551.